The fourth-order valence-corrected chi connectivity index (χ4v) is 3.08. The van der Waals surface area contributed by atoms with E-state index in [0.717, 1.165) is 55.4 Å². The summed E-state index contributed by atoms with van der Waals surface area (Å²) >= 11 is 6.09. The summed E-state index contributed by atoms with van der Waals surface area (Å²) in [6.45, 7) is 8.56. The molecule has 0 spiro atoms. The van der Waals surface area contributed by atoms with E-state index in [2.05, 4.69) is 20.3 Å². The fraction of sp³-hybridized carbons (Fsp3) is 0.444. The minimum atomic E-state index is -0.0134. The Balaban J connectivity index is 1.43. The molecule has 0 bridgehead atoms. The molecule has 0 aliphatic carbocycles. The molecule has 0 saturated carbocycles. The highest BCUT2D eigenvalue weighted by Gasteiger charge is 2.20. The minimum Gasteiger partial charge on any atom is -0.361 e. The van der Waals surface area contributed by atoms with Crippen LogP contribution in [0.1, 0.15) is 17.0 Å². The van der Waals surface area contributed by atoms with Crippen molar-refractivity contribution in [2.45, 2.75) is 20.4 Å². The predicted octanol–water partition coefficient (Wildman–Crippen LogP) is 2.70. The van der Waals surface area contributed by atoms with E-state index in [-0.39, 0.29) is 5.91 Å². The maximum atomic E-state index is 12.2. The van der Waals surface area contributed by atoms with Crippen molar-refractivity contribution in [2.75, 3.05) is 38.0 Å². The van der Waals surface area contributed by atoms with Gasteiger partial charge < -0.3 is 9.84 Å². The molecule has 1 fully saturated rings. The van der Waals surface area contributed by atoms with Gasteiger partial charge >= 0.3 is 0 Å². The number of aromatic nitrogens is 1. The number of benzene rings is 1. The van der Waals surface area contributed by atoms with Gasteiger partial charge in [0.25, 0.3) is 0 Å². The van der Waals surface area contributed by atoms with Crippen molar-refractivity contribution < 1.29 is 9.32 Å². The summed E-state index contributed by atoms with van der Waals surface area (Å²) in [6, 6.07) is 7.53. The van der Waals surface area contributed by atoms with Crippen molar-refractivity contribution >= 4 is 23.2 Å². The van der Waals surface area contributed by atoms with Crippen LogP contribution in [-0.2, 0) is 11.3 Å². The summed E-state index contributed by atoms with van der Waals surface area (Å²) in [6.07, 6.45) is 0. The molecule has 3 rings (SSSR count). The second kappa shape index (κ2) is 7.99. The van der Waals surface area contributed by atoms with Gasteiger partial charge in [0, 0.05) is 49.5 Å². The van der Waals surface area contributed by atoms with E-state index in [0.29, 0.717) is 11.6 Å². The number of anilines is 1. The highest BCUT2D eigenvalue weighted by atomic mass is 35.5. The van der Waals surface area contributed by atoms with Crippen molar-refractivity contribution in [3.8, 4) is 0 Å². The number of carbonyl (C=O) groups excluding carboxylic acids is 1. The number of aryl methyl sites for hydroxylation is 2. The van der Waals surface area contributed by atoms with Gasteiger partial charge in [-0.05, 0) is 31.5 Å². The first kappa shape index (κ1) is 17.9. The first-order valence-electron chi connectivity index (χ1n) is 8.42. The van der Waals surface area contributed by atoms with E-state index in [1.54, 1.807) is 6.07 Å². The van der Waals surface area contributed by atoms with Gasteiger partial charge in [0.2, 0.25) is 5.91 Å². The van der Waals surface area contributed by atoms with Crippen molar-refractivity contribution in [1.82, 2.24) is 15.0 Å². The number of hydrogen-bond acceptors (Lipinski definition) is 5. The zero-order valence-corrected chi connectivity index (χ0v) is 15.3. The van der Waals surface area contributed by atoms with E-state index in [9.17, 15) is 4.79 Å². The third-order valence-electron chi connectivity index (χ3n) is 4.35. The Morgan fingerprint density at radius 3 is 2.56 bits per heavy atom. The Morgan fingerprint density at radius 2 is 1.92 bits per heavy atom. The Bertz CT molecular complexity index is 738. The van der Waals surface area contributed by atoms with Crippen molar-refractivity contribution in [2.24, 2.45) is 0 Å². The maximum absolute atomic E-state index is 12.2. The zero-order valence-electron chi connectivity index (χ0n) is 14.6. The summed E-state index contributed by atoms with van der Waals surface area (Å²) < 4.78 is 5.10. The summed E-state index contributed by atoms with van der Waals surface area (Å²) in [5, 5.41) is 7.60. The smallest absolute Gasteiger partial charge is 0.238 e. The van der Waals surface area contributed by atoms with Crippen LogP contribution in [0, 0.1) is 13.8 Å². The molecule has 2 aromatic rings. The number of nitrogens with one attached hydrogen (secondary N) is 1. The summed E-state index contributed by atoms with van der Waals surface area (Å²) in [5.74, 6) is 0.821. The van der Waals surface area contributed by atoms with Gasteiger partial charge in [-0.15, -0.1) is 0 Å². The van der Waals surface area contributed by atoms with Crippen LogP contribution < -0.4 is 5.32 Å². The maximum Gasteiger partial charge on any atom is 0.238 e. The lowest BCUT2D eigenvalue weighted by Gasteiger charge is -2.33. The third-order valence-corrected chi connectivity index (χ3v) is 4.76. The molecule has 0 atom stereocenters. The molecule has 134 valence electrons. The lowest BCUT2D eigenvalue weighted by molar-refractivity contribution is -0.117. The van der Waals surface area contributed by atoms with Crippen LogP contribution >= 0.6 is 11.6 Å². The Hall–Kier alpha value is -1.89. The molecule has 1 amide bonds. The van der Waals surface area contributed by atoms with Crippen LogP contribution in [-0.4, -0.2) is 53.6 Å². The summed E-state index contributed by atoms with van der Waals surface area (Å²) in [5.41, 5.74) is 2.69. The molecule has 25 heavy (non-hydrogen) atoms. The van der Waals surface area contributed by atoms with Crippen molar-refractivity contribution in [3.05, 3.63) is 46.3 Å². The topological polar surface area (TPSA) is 61.6 Å². The number of carbonyl (C=O) groups is 1. The standard InChI is InChI=1S/C18H23ClN4O2/c1-13-3-4-15(10-17(13)19)20-18(24)12-23-7-5-22(6-8-23)11-16-9-14(2)25-21-16/h3-4,9-10H,5-8,11-12H2,1-2H3,(H,20,24). The van der Waals surface area contributed by atoms with Crippen LogP contribution in [0.25, 0.3) is 0 Å². The zero-order chi connectivity index (χ0) is 17.8. The van der Waals surface area contributed by atoms with Gasteiger partial charge in [-0.1, -0.05) is 22.8 Å². The molecule has 7 heteroatoms. The predicted molar refractivity (Wildman–Crippen MR) is 97.8 cm³/mol. The average molecular weight is 363 g/mol. The van der Waals surface area contributed by atoms with E-state index in [4.69, 9.17) is 16.1 Å². The molecule has 1 aliphatic heterocycles. The van der Waals surface area contributed by atoms with Gasteiger partial charge in [0.1, 0.15) is 5.76 Å². The first-order valence-corrected chi connectivity index (χ1v) is 8.80. The number of piperazine rings is 1. The monoisotopic (exact) mass is 362 g/mol. The summed E-state index contributed by atoms with van der Waals surface area (Å²) in [7, 11) is 0. The van der Waals surface area contributed by atoms with Gasteiger partial charge in [-0.3, -0.25) is 14.6 Å². The third kappa shape index (κ3) is 5.04. The lowest BCUT2D eigenvalue weighted by atomic mass is 10.2. The molecule has 1 N–H and O–H groups in total. The van der Waals surface area contributed by atoms with E-state index < -0.39 is 0 Å². The molecular formula is C18H23ClN4O2. The Labute approximate surface area is 152 Å². The van der Waals surface area contributed by atoms with Crippen molar-refractivity contribution in [3.63, 3.8) is 0 Å². The highest BCUT2D eigenvalue weighted by Crippen LogP contribution is 2.20. The molecule has 1 aliphatic rings. The van der Waals surface area contributed by atoms with Crippen LogP contribution in [0.15, 0.2) is 28.8 Å². The van der Waals surface area contributed by atoms with Crippen LogP contribution in [0.3, 0.4) is 0 Å². The van der Waals surface area contributed by atoms with Crippen LogP contribution in [0.2, 0.25) is 5.02 Å². The van der Waals surface area contributed by atoms with Crippen molar-refractivity contribution in [1.29, 1.82) is 0 Å². The van der Waals surface area contributed by atoms with Gasteiger partial charge in [0.05, 0.1) is 12.2 Å². The fourth-order valence-electron chi connectivity index (χ4n) is 2.90. The number of amides is 1. The molecule has 2 heterocycles. The van der Waals surface area contributed by atoms with Gasteiger partial charge in [-0.25, -0.2) is 0 Å². The molecule has 0 unspecified atom stereocenters. The number of hydrogen-bond donors (Lipinski definition) is 1. The molecular weight excluding hydrogens is 340 g/mol. The minimum absolute atomic E-state index is 0.0134. The van der Waals surface area contributed by atoms with E-state index in [1.165, 1.54) is 0 Å². The lowest BCUT2D eigenvalue weighted by Crippen LogP contribution is -2.48. The van der Waals surface area contributed by atoms with Gasteiger partial charge in [-0.2, -0.15) is 0 Å². The average Bonchev–Trinajstić information content (AvgIpc) is 2.98. The Morgan fingerprint density at radius 1 is 1.20 bits per heavy atom. The second-order valence-electron chi connectivity index (χ2n) is 6.49. The van der Waals surface area contributed by atoms with Crippen LogP contribution in [0.5, 0.6) is 0 Å². The SMILES string of the molecule is Cc1cc(CN2CCN(CC(=O)Nc3ccc(C)c(Cl)c3)CC2)no1. The Kier molecular flexibility index (Phi) is 5.73. The number of rotatable bonds is 5. The first-order chi connectivity index (χ1) is 12.0. The molecule has 6 nitrogen and oxygen atoms in total. The second-order valence-corrected chi connectivity index (χ2v) is 6.90. The number of halogens is 1. The number of nitrogens with zero attached hydrogens (tertiary/aromatic N) is 3. The molecule has 0 radical (unpaired) electrons. The van der Waals surface area contributed by atoms with Gasteiger partial charge in [0.15, 0.2) is 0 Å². The largest absolute Gasteiger partial charge is 0.361 e. The summed E-state index contributed by atoms with van der Waals surface area (Å²) in [4.78, 5) is 16.7. The van der Waals surface area contributed by atoms with E-state index >= 15 is 0 Å². The normalized spacial score (nSPS) is 16.1. The molecule has 1 aromatic heterocycles. The molecule has 1 aromatic carbocycles. The van der Waals surface area contributed by atoms with Crippen LogP contribution in [0.4, 0.5) is 5.69 Å². The molecule has 1 saturated heterocycles. The highest BCUT2D eigenvalue weighted by molar-refractivity contribution is 6.31. The quantitative estimate of drug-likeness (QED) is 0.886. The van der Waals surface area contributed by atoms with E-state index in [1.807, 2.05) is 32.0 Å².